The number of ether oxygens (including phenoxy) is 4. The minimum atomic E-state index is -2.03. The van der Waals surface area contributed by atoms with Crippen molar-refractivity contribution in [3.8, 4) is 5.75 Å². The molecule has 1 aromatic rings. The number of rotatable bonds is 6. The summed E-state index contributed by atoms with van der Waals surface area (Å²) in [7, 11) is 4.82. The molecule has 1 saturated carbocycles. The van der Waals surface area contributed by atoms with E-state index in [0.717, 1.165) is 56.8 Å². The lowest BCUT2D eigenvalue weighted by atomic mass is 9.46. The molecule has 2 saturated heterocycles. The van der Waals surface area contributed by atoms with Crippen LogP contribution in [0.3, 0.4) is 0 Å². The van der Waals surface area contributed by atoms with E-state index >= 15 is 0 Å². The number of methoxy groups -OCH3 is 2. The van der Waals surface area contributed by atoms with E-state index in [1.54, 1.807) is 7.11 Å². The first-order valence-electron chi connectivity index (χ1n) is 13.8. The van der Waals surface area contributed by atoms with Crippen molar-refractivity contribution in [3.63, 3.8) is 0 Å². The molecule has 9 nitrogen and oxygen atoms in total. The summed E-state index contributed by atoms with van der Waals surface area (Å²) in [4.78, 5) is 30.4. The molecule has 1 aromatic carbocycles. The highest BCUT2D eigenvalue weighted by Gasteiger charge is 2.80. The van der Waals surface area contributed by atoms with E-state index in [1.165, 1.54) is 14.0 Å². The van der Waals surface area contributed by atoms with Crippen LogP contribution in [0.5, 0.6) is 5.75 Å². The number of fused-ring (bicyclic) bond motifs is 1. The Labute approximate surface area is 226 Å². The van der Waals surface area contributed by atoms with Gasteiger partial charge in [-0.15, -0.1) is 0 Å². The maximum atomic E-state index is 13.5. The van der Waals surface area contributed by atoms with Crippen LogP contribution in [0, 0.1) is 5.41 Å². The lowest BCUT2D eigenvalue weighted by Crippen LogP contribution is -2.82. The summed E-state index contributed by atoms with van der Waals surface area (Å²) >= 11 is 0. The molecule has 212 valence electrons. The van der Waals surface area contributed by atoms with E-state index in [1.807, 2.05) is 37.9 Å². The van der Waals surface area contributed by atoms with Gasteiger partial charge in [0.05, 0.1) is 20.3 Å². The molecule has 1 aliphatic carbocycles. The molecular weight excluding hydrogens is 488 g/mol. The van der Waals surface area contributed by atoms with Crippen molar-refractivity contribution in [2.45, 2.75) is 82.6 Å². The third-order valence-electron chi connectivity index (χ3n) is 9.46. The molecule has 5 rings (SSSR count). The lowest BCUT2D eigenvalue weighted by molar-refractivity contribution is -0.242. The van der Waals surface area contributed by atoms with Crippen LogP contribution in [0.25, 0.3) is 0 Å². The molecule has 1 spiro atoms. The van der Waals surface area contributed by atoms with Crippen molar-refractivity contribution in [1.82, 2.24) is 4.90 Å². The largest absolute Gasteiger partial charge is 0.497 e. The predicted octanol–water partition coefficient (Wildman–Crippen LogP) is 2.91. The van der Waals surface area contributed by atoms with Crippen molar-refractivity contribution < 1.29 is 33.6 Å². The number of benzene rings is 1. The summed E-state index contributed by atoms with van der Waals surface area (Å²) < 4.78 is 21.5. The molecule has 0 amide bonds. The number of piperidine rings is 1. The van der Waals surface area contributed by atoms with Crippen molar-refractivity contribution in [3.05, 3.63) is 23.8 Å². The highest BCUT2D eigenvalue weighted by molar-refractivity contribution is 5.86. The summed E-state index contributed by atoms with van der Waals surface area (Å²) in [6.07, 6.45) is 2.16. The first kappa shape index (κ1) is 28.6. The highest BCUT2D eigenvalue weighted by Crippen LogP contribution is 2.68. The summed E-state index contributed by atoms with van der Waals surface area (Å²) in [6, 6.07) is 5.41. The van der Waals surface area contributed by atoms with Gasteiger partial charge in [-0.05, 0) is 64.3 Å². The van der Waals surface area contributed by atoms with E-state index in [0.29, 0.717) is 12.2 Å². The van der Waals surface area contributed by atoms with Crippen LogP contribution >= 0.6 is 0 Å². The normalized spacial score (nSPS) is 34.8. The summed E-state index contributed by atoms with van der Waals surface area (Å²) in [5.74, 6) is -0.535. The Hall–Kier alpha value is -2.36. The Kier molecular flexibility index (Phi) is 8.04. The van der Waals surface area contributed by atoms with Gasteiger partial charge in [-0.2, -0.15) is 0 Å². The van der Waals surface area contributed by atoms with Crippen LogP contribution in [-0.4, -0.2) is 93.3 Å². The molecule has 38 heavy (non-hydrogen) atoms. The maximum Gasteiger partial charge on any atom is 0.344 e. The smallest absolute Gasteiger partial charge is 0.344 e. The summed E-state index contributed by atoms with van der Waals surface area (Å²) in [6.45, 7) is 10.9. The zero-order chi connectivity index (χ0) is 27.9. The molecule has 3 fully saturated rings. The first-order chi connectivity index (χ1) is 18.1. The minimum absolute atomic E-state index is 0.0279. The minimum Gasteiger partial charge on any atom is -0.497 e. The predicted molar refractivity (Wildman–Crippen MR) is 143 cm³/mol. The SMILES string of the molecule is CCOCC.CC[C@]12CCCN3CC[C@@]4(c5ccc(OC)cc5N(C)[C@H]4[C@@](O)(C(=O)OC)[C@@H]1OC(C)=O)[C@@H]32. The molecular formula is C29H44N2O7. The Morgan fingerprint density at radius 2 is 1.79 bits per heavy atom. The molecule has 4 aliphatic rings. The molecule has 3 heterocycles. The van der Waals surface area contributed by atoms with Crippen LogP contribution in [0.2, 0.25) is 0 Å². The fourth-order valence-corrected chi connectivity index (χ4v) is 8.37. The van der Waals surface area contributed by atoms with Gasteiger partial charge in [-0.3, -0.25) is 9.69 Å². The van der Waals surface area contributed by atoms with Gasteiger partial charge >= 0.3 is 11.9 Å². The number of carbonyl (C=O) groups is 2. The van der Waals surface area contributed by atoms with Crippen LogP contribution < -0.4 is 9.64 Å². The van der Waals surface area contributed by atoms with Gasteiger partial charge in [0.1, 0.15) is 5.75 Å². The Morgan fingerprint density at radius 1 is 1.08 bits per heavy atom. The van der Waals surface area contributed by atoms with Gasteiger partial charge in [0, 0.05) is 55.8 Å². The fraction of sp³-hybridized carbons (Fsp3) is 0.724. The summed E-state index contributed by atoms with van der Waals surface area (Å²) in [5.41, 5.74) is -1.06. The second-order valence-electron chi connectivity index (χ2n) is 10.9. The highest BCUT2D eigenvalue weighted by atomic mass is 16.6. The van der Waals surface area contributed by atoms with Gasteiger partial charge in [0.2, 0.25) is 5.60 Å². The van der Waals surface area contributed by atoms with Crippen LogP contribution in [0.4, 0.5) is 5.69 Å². The fourth-order valence-electron chi connectivity index (χ4n) is 8.37. The molecule has 0 aromatic heterocycles. The van der Waals surface area contributed by atoms with Crippen molar-refractivity contribution in [2.75, 3.05) is 52.5 Å². The molecule has 0 bridgehead atoms. The van der Waals surface area contributed by atoms with Crippen molar-refractivity contribution in [2.24, 2.45) is 5.41 Å². The molecule has 0 radical (unpaired) electrons. The Balaban J connectivity index is 0.000000617. The number of likely N-dealkylation sites (N-methyl/N-ethyl adjacent to an activating group) is 1. The zero-order valence-electron chi connectivity index (χ0n) is 23.9. The zero-order valence-corrected chi connectivity index (χ0v) is 23.9. The van der Waals surface area contributed by atoms with Gasteiger partial charge in [-0.1, -0.05) is 13.0 Å². The van der Waals surface area contributed by atoms with Crippen LogP contribution in [0.15, 0.2) is 18.2 Å². The average Bonchev–Trinajstić information content (AvgIpc) is 3.43. The number of anilines is 1. The van der Waals surface area contributed by atoms with Gasteiger partial charge < -0.3 is 29.0 Å². The monoisotopic (exact) mass is 532 g/mol. The van der Waals surface area contributed by atoms with Crippen molar-refractivity contribution >= 4 is 17.6 Å². The quantitative estimate of drug-likeness (QED) is 0.555. The number of aliphatic hydroxyl groups is 1. The molecule has 1 N–H and O–H groups in total. The number of hydrogen-bond donors (Lipinski definition) is 1. The van der Waals surface area contributed by atoms with E-state index in [9.17, 15) is 14.7 Å². The number of esters is 2. The number of nitrogens with zero attached hydrogens (tertiary/aromatic N) is 2. The van der Waals surface area contributed by atoms with E-state index in [2.05, 4.69) is 17.9 Å². The van der Waals surface area contributed by atoms with Crippen LogP contribution in [-0.2, 0) is 29.2 Å². The van der Waals surface area contributed by atoms with Crippen molar-refractivity contribution in [1.29, 1.82) is 0 Å². The average molecular weight is 533 g/mol. The second kappa shape index (κ2) is 10.7. The maximum absolute atomic E-state index is 13.5. The standard InChI is InChI=1S/C25H34N2O6.C4H10O/c1-6-23-10-7-12-27-13-11-24(19(23)27)17-9-8-16(31-4)14-18(17)26(3)20(24)25(30,22(29)32-5)21(23)33-15(2)28;1-3-5-4-2/h8-9,14,19-21,30H,6-7,10-13H2,1-5H3;3-4H2,1-2H3/t19-,20+,21+,23+,24+,25-;/m0./s1. The lowest BCUT2D eigenvalue weighted by Gasteiger charge is -2.65. The molecule has 6 atom stereocenters. The van der Waals surface area contributed by atoms with E-state index < -0.39 is 40.5 Å². The first-order valence-corrected chi connectivity index (χ1v) is 13.8. The molecule has 9 heteroatoms. The molecule has 0 unspecified atom stereocenters. The topological polar surface area (TPSA) is 97.8 Å². The van der Waals surface area contributed by atoms with E-state index in [-0.39, 0.29) is 6.04 Å². The third-order valence-corrected chi connectivity index (χ3v) is 9.46. The van der Waals surface area contributed by atoms with Gasteiger partial charge in [-0.25, -0.2) is 4.79 Å². The van der Waals surface area contributed by atoms with Gasteiger partial charge in [0.25, 0.3) is 0 Å². The number of carbonyl (C=O) groups excluding carboxylic acids is 2. The van der Waals surface area contributed by atoms with Crippen LogP contribution in [0.1, 0.15) is 58.9 Å². The third kappa shape index (κ3) is 3.84. The van der Waals surface area contributed by atoms with Gasteiger partial charge in [0.15, 0.2) is 6.10 Å². The molecule has 3 aliphatic heterocycles. The Bertz CT molecular complexity index is 1050. The van der Waals surface area contributed by atoms with E-state index in [4.69, 9.17) is 18.9 Å². The summed E-state index contributed by atoms with van der Waals surface area (Å²) in [5, 5.41) is 12.5. The second-order valence-corrected chi connectivity index (χ2v) is 10.9. The number of hydrogen-bond acceptors (Lipinski definition) is 9. The Morgan fingerprint density at radius 3 is 2.34 bits per heavy atom.